The molecule has 0 saturated carbocycles. The number of nitrogens with one attached hydrogen (secondary N) is 1. The lowest BCUT2D eigenvalue weighted by molar-refractivity contribution is 0.102. The molecule has 0 aliphatic carbocycles. The SMILES string of the molecule is Oc1cccc2cc3[nH]c(COCc4ccccc4)nc3cc12. The highest BCUT2D eigenvalue weighted by molar-refractivity contribution is 5.98. The molecule has 4 heteroatoms. The van der Waals surface area contributed by atoms with Crippen molar-refractivity contribution in [1.29, 1.82) is 0 Å². The number of rotatable bonds is 4. The molecule has 4 rings (SSSR count). The minimum Gasteiger partial charge on any atom is -0.507 e. The molecule has 4 nitrogen and oxygen atoms in total. The topological polar surface area (TPSA) is 58.1 Å². The van der Waals surface area contributed by atoms with Crippen LogP contribution in [0.2, 0.25) is 0 Å². The molecule has 2 N–H and O–H groups in total. The van der Waals surface area contributed by atoms with Crippen LogP contribution in [0.3, 0.4) is 0 Å². The highest BCUT2D eigenvalue weighted by atomic mass is 16.5. The fourth-order valence-corrected chi connectivity index (χ4v) is 2.73. The highest BCUT2D eigenvalue weighted by Gasteiger charge is 2.07. The third kappa shape index (κ3) is 2.76. The number of hydrogen-bond acceptors (Lipinski definition) is 3. The molecule has 0 fully saturated rings. The lowest BCUT2D eigenvalue weighted by Crippen LogP contribution is -1.95. The Balaban J connectivity index is 1.56. The first-order chi connectivity index (χ1) is 11.3. The third-order valence-electron chi connectivity index (χ3n) is 3.86. The molecule has 0 bridgehead atoms. The number of hydrogen-bond donors (Lipinski definition) is 2. The van der Waals surface area contributed by atoms with Gasteiger partial charge in [-0.05, 0) is 29.1 Å². The van der Waals surface area contributed by atoms with E-state index >= 15 is 0 Å². The maximum atomic E-state index is 9.94. The standard InChI is InChI=1S/C19H16N2O2/c22-18-8-4-7-14-9-16-17(10-15(14)18)21-19(20-16)12-23-11-13-5-2-1-3-6-13/h1-10,22H,11-12H2,(H,20,21). The first-order valence-electron chi connectivity index (χ1n) is 7.51. The summed E-state index contributed by atoms with van der Waals surface area (Å²) in [6.07, 6.45) is 0. The van der Waals surface area contributed by atoms with Crippen LogP contribution in [0.1, 0.15) is 11.4 Å². The van der Waals surface area contributed by atoms with Gasteiger partial charge < -0.3 is 14.8 Å². The number of aromatic hydroxyl groups is 1. The van der Waals surface area contributed by atoms with E-state index in [4.69, 9.17) is 4.74 Å². The van der Waals surface area contributed by atoms with Gasteiger partial charge >= 0.3 is 0 Å². The fraction of sp³-hybridized carbons (Fsp3) is 0.105. The van der Waals surface area contributed by atoms with Gasteiger partial charge in [-0.15, -0.1) is 0 Å². The van der Waals surface area contributed by atoms with E-state index in [0.717, 1.165) is 33.2 Å². The number of nitrogens with zero attached hydrogens (tertiary/aromatic N) is 1. The van der Waals surface area contributed by atoms with Crippen LogP contribution in [-0.2, 0) is 18.0 Å². The van der Waals surface area contributed by atoms with Crippen molar-refractivity contribution in [2.45, 2.75) is 13.2 Å². The minimum absolute atomic E-state index is 0.272. The van der Waals surface area contributed by atoms with E-state index in [1.807, 2.05) is 54.6 Å². The number of imidazole rings is 1. The second-order valence-electron chi connectivity index (χ2n) is 5.53. The van der Waals surface area contributed by atoms with Gasteiger partial charge in [-0.25, -0.2) is 4.98 Å². The molecule has 0 amide bonds. The van der Waals surface area contributed by atoms with E-state index < -0.39 is 0 Å². The van der Waals surface area contributed by atoms with Crippen LogP contribution < -0.4 is 0 Å². The molecule has 0 saturated heterocycles. The number of phenolic OH excluding ortho intramolecular Hbond substituents is 1. The minimum atomic E-state index is 0.272. The molecule has 0 radical (unpaired) electrons. The monoisotopic (exact) mass is 304 g/mol. The number of H-pyrrole nitrogens is 1. The third-order valence-corrected chi connectivity index (χ3v) is 3.86. The summed E-state index contributed by atoms with van der Waals surface area (Å²) >= 11 is 0. The van der Waals surface area contributed by atoms with Gasteiger partial charge in [0, 0.05) is 5.39 Å². The Hall–Kier alpha value is -2.85. The molecule has 0 aliphatic rings. The van der Waals surface area contributed by atoms with Gasteiger partial charge in [-0.1, -0.05) is 42.5 Å². The molecule has 0 aliphatic heterocycles. The van der Waals surface area contributed by atoms with Crippen molar-refractivity contribution in [3.63, 3.8) is 0 Å². The fourth-order valence-electron chi connectivity index (χ4n) is 2.73. The predicted octanol–water partition coefficient (Wildman–Crippen LogP) is 4.14. The molecule has 114 valence electrons. The van der Waals surface area contributed by atoms with Crippen LogP contribution in [0.15, 0.2) is 60.7 Å². The molecular formula is C19H16N2O2. The zero-order valence-electron chi connectivity index (χ0n) is 12.5. The van der Waals surface area contributed by atoms with Gasteiger partial charge in [-0.3, -0.25) is 0 Å². The molecule has 4 aromatic rings. The van der Waals surface area contributed by atoms with E-state index in [0.29, 0.717) is 13.2 Å². The molecule has 0 spiro atoms. The highest BCUT2D eigenvalue weighted by Crippen LogP contribution is 2.28. The first kappa shape index (κ1) is 13.8. The maximum absolute atomic E-state index is 9.94. The van der Waals surface area contributed by atoms with Crippen LogP contribution in [-0.4, -0.2) is 15.1 Å². The summed E-state index contributed by atoms with van der Waals surface area (Å²) in [6.45, 7) is 0.979. The average Bonchev–Trinajstić information content (AvgIpc) is 2.96. The Labute approximate surface area is 133 Å². The Morgan fingerprint density at radius 2 is 1.83 bits per heavy atom. The summed E-state index contributed by atoms with van der Waals surface area (Å²) in [4.78, 5) is 7.82. The second-order valence-corrected chi connectivity index (χ2v) is 5.53. The van der Waals surface area contributed by atoms with E-state index in [9.17, 15) is 5.11 Å². The van der Waals surface area contributed by atoms with Crippen LogP contribution in [0.5, 0.6) is 5.75 Å². The van der Waals surface area contributed by atoms with Crippen LogP contribution >= 0.6 is 0 Å². The van der Waals surface area contributed by atoms with Crippen molar-refractivity contribution in [2.24, 2.45) is 0 Å². The Kier molecular flexibility index (Phi) is 3.44. The molecule has 3 aromatic carbocycles. The second kappa shape index (κ2) is 5.74. The number of ether oxygens (including phenoxy) is 1. The Morgan fingerprint density at radius 1 is 0.957 bits per heavy atom. The molecule has 0 unspecified atom stereocenters. The van der Waals surface area contributed by atoms with Gasteiger partial charge in [0.2, 0.25) is 0 Å². The van der Waals surface area contributed by atoms with Crippen molar-refractivity contribution in [3.8, 4) is 5.75 Å². The van der Waals surface area contributed by atoms with Crippen molar-refractivity contribution in [2.75, 3.05) is 0 Å². The molecule has 1 heterocycles. The van der Waals surface area contributed by atoms with Gasteiger partial charge in [-0.2, -0.15) is 0 Å². The quantitative estimate of drug-likeness (QED) is 0.596. The van der Waals surface area contributed by atoms with Crippen LogP contribution in [0.25, 0.3) is 21.8 Å². The molecule has 23 heavy (non-hydrogen) atoms. The van der Waals surface area contributed by atoms with E-state index in [2.05, 4.69) is 9.97 Å². The Bertz CT molecular complexity index is 961. The van der Waals surface area contributed by atoms with Gasteiger partial charge in [0.15, 0.2) is 0 Å². The van der Waals surface area contributed by atoms with E-state index in [-0.39, 0.29) is 5.75 Å². The normalized spacial score (nSPS) is 11.3. The van der Waals surface area contributed by atoms with Crippen molar-refractivity contribution in [3.05, 3.63) is 72.1 Å². The Morgan fingerprint density at radius 3 is 2.70 bits per heavy atom. The zero-order valence-corrected chi connectivity index (χ0v) is 12.5. The van der Waals surface area contributed by atoms with Gasteiger partial charge in [0.05, 0.1) is 17.6 Å². The number of benzene rings is 3. The number of aromatic amines is 1. The summed E-state index contributed by atoms with van der Waals surface area (Å²) in [5.74, 6) is 1.06. The largest absolute Gasteiger partial charge is 0.507 e. The lowest BCUT2D eigenvalue weighted by Gasteiger charge is -2.01. The first-order valence-corrected chi connectivity index (χ1v) is 7.51. The molecular weight excluding hydrogens is 288 g/mol. The van der Waals surface area contributed by atoms with Crippen LogP contribution in [0.4, 0.5) is 0 Å². The summed E-state index contributed by atoms with van der Waals surface area (Å²) in [5, 5.41) is 11.7. The molecule has 0 atom stereocenters. The summed E-state index contributed by atoms with van der Waals surface area (Å²) in [6, 6.07) is 19.4. The molecule has 1 aromatic heterocycles. The van der Waals surface area contributed by atoms with Gasteiger partial charge in [0.25, 0.3) is 0 Å². The van der Waals surface area contributed by atoms with Gasteiger partial charge in [0.1, 0.15) is 18.2 Å². The predicted molar refractivity (Wildman–Crippen MR) is 90.2 cm³/mol. The number of aromatic nitrogens is 2. The average molecular weight is 304 g/mol. The smallest absolute Gasteiger partial charge is 0.133 e. The summed E-state index contributed by atoms with van der Waals surface area (Å²) in [5.41, 5.74) is 2.91. The van der Waals surface area contributed by atoms with Crippen molar-refractivity contribution in [1.82, 2.24) is 9.97 Å². The van der Waals surface area contributed by atoms with E-state index in [1.165, 1.54) is 0 Å². The number of fused-ring (bicyclic) bond motifs is 2. The summed E-state index contributed by atoms with van der Waals surface area (Å²) < 4.78 is 5.71. The lowest BCUT2D eigenvalue weighted by atomic mass is 10.1. The maximum Gasteiger partial charge on any atom is 0.133 e. The number of phenols is 1. The van der Waals surface area contributed by atoms with Crippen molar-refractivity contribution < 1.29 is 9.84 Å². The summed E-state index contributed by atoms with van der Waals surface area (Å²) in [7, 11) is 0. The van der Waals surface area contributed by atoms with Crippen LogP contribution in [0, 0.1) is 0 Å². The van der Waals surface area contributed by atoms with Crippen molar-refractivity contribution >= 4 is 21.8 Å². The zero-order chi connectivity index (χ0) is 15.6. The van der Waals surface area contributed by atoms with E-state index in [1.54, 1.807) is 6.07 Å².